The van der Waals surface area contributed by atoms with Gasteiger partial charge in [-0.25, -0.2) is 4.79 Å². The van der Waals surface area contributed by atoms with Crippen molar-refractivity contribution in [3.63, 3.8) is 0 Å². The Hall–Kier alpha value is -3.61. The second-order valence-corrected chi connectivity index (χ2v) is 7.90. The molecule has 0 spiro atoms. The van der Waals surface area contributed by atoms with Crippen LogP contribution in [0.5, 0.6) is 5.75 Å². The second kappa shape index (κ2) is 9.68. The van der Waals surface area contributed by atoms with Crippen LogP contribution in [0.15, 0.2) is 45.6 Å². The van der Waals surface area contributed by atoms with E-state index in [1.807, 2.05) is 45.0 Å². The minimum absolute atomic E-state index is 0.0721. The zero-order valence-electron chi connectivity index (χ0n) is 19.1. The Morgan fingerprint density at radius 2 is 1.84 bits per heavy atom. The van der Waals surface area contributed by atoms with E-state index in [0.29, 0.717) is 16.9 Å². The first-order valence-electron chi connectivity index (χ1n) is 10.4. The molecule has 0 aliphatic heterocycles. The molecule has 32 heavy (non-hydrogen) atoms. The van der Waals surface area contributed by atoms with Gasteiger partial charge in [-0.15, -0.1) is 0 Å². The molecule has 0 bridgehead atoms. The van der Waals surface area contributed by atoms with Crippen molar-refractivity contribution in [1.82, 2.24) is 4.90 Å². The molecule has 0 aliphatic rings. The number of ether oxygens (including phenoxy) is 1. The molecule has 2 amide bonds. The number of nitrogens with one attached hydrogen (secondary N) is 1. The number of carbonyl (C=O) groups excluding carboxylic acids is 2. The smallest absolute Gasteiger partial charge is 0.339 e. The molecular formula is C25H28N2O5. The molecule has 3 aromatic rings. The van der Waals surface area contributed by atoms with E-state index >= 15 is 0 Å². The van der Waals surface area contributed by atoms with E-state index in [9.17, 15) is 14.4 Å². The van der Waals surface area contributed by atoms with Crippen LogP contribution in [-0.4, -0.2) is 37.4 Å². The first-order valence-corrected chi connectivity index (χ1v) is 10.4. The number of nitrogens with zero attached hydrogens (tertiary/aromatic N) is 1. The third-order valence-electron chi connectivity index (χ3n) is 5.77. The van der Waals surface area contributed by atoms with Gasteiger partial charge in [0.2, 0.25) is 11.8 Å². The van der Waals surface area contributed by atoms with Gasteiger partial charge in [0.15, 0.2) is 0 Å². The fourth-order valence-electron chi connectivity index (χ4n) is 3.59. The molecule has 0 radical (unpaired) electrons. The van der Waals surface area contributed by atoms with Crippen molar-refractivity contribution in [2.45, 2.75) is 33.6 Å². The van der Waals surface area contributed by atoms with Crippen molar-refractivity contribution in [1.29, 1.82) is 0 Å². The monoisotopic (exact) mass is 436 g/mol. The number of likely N-dealkylation sites (N-methyl/N-ethyl adjacent to an activating group) is 1. The molecule has 2 aromatic carbocycles. The average Bonchev–Trinajstić information content (AvgIpc) is 2.76. The first-order chi connectivity index (χ1) is 15.2. The van der Waals surface area contributed by atoms with Crippen LogP contribution in [-0.2, 0) is 16.0 Å². The third kappa shape index (κ3) is 4.99. The average molecular weight is 437 g/mol. The van der Waals surface area contributed by atoms with Gasteiger partial charge in [-0.2, -0.15) is 0 Å². The summed E-state index contributed by atoms with van der Waals surface area (Å²) in [5.74, 6) is 0.100. The van der Waals surface area contributed by atoms with Gasteiger partial charge in [-0.05, 0) is 62.1 Å². The Labute approximate surface area is 187 Å². The highest BCUT2D eigenvalue weighted by atomic mass is 16.5. The lowest BCUT2D eigenvalue weighted by Crippen LogP contribution is -2.35. The number of fused-ring (bicyclic) bond motifs is 1. The maximum absolute atomic E-state index is 12.6. The summed E-state index contributed by atoms with van der Waals surface area (Å²) < 4.78 is 10.6. The van der Waals surface area contributed by atoms with Crippen molar-refractivity contribution >= 4 is 28.5 Å². The molecule has 0 fully saturated rings. The van der Waals surface area contributed by atoms with Crippen molar-refractivity contribution in [3.8, 4) is 5.75 Å². The number of methoxy groups -OCH3 is 1. The molecule has 1 N–H and O–H groups in total. The second-order valence-electron chi connectivity index (χ2n) is 7.90. The molecule has 0 saturated carbocycles. The molecule has 7 heteroatoms. The van der Waals surface area contributed by atoms with Gasteiger partial charge in [-0.1, -0.05) is 12.1 Å². The number of aryl methyl sites for hydroxylation is 2. The van der Waals surface area contributed by atoms with Crippen LogP contribution >= 0.6 is 0 Å². The van der Waals surface area contributed by atoms with E-state index in [1.54, 1.807) is 26.3 Å². The summed E-state index contributed by atoms with van der Waals surface area (Å²) in [6.07, 6.45) is 0.332. The quantitative estimate of drug-likeness (QED) is 0.570. The van der Waals surface area contributed by atoms with Gasteiger partial charge in [-0.3, -0.25) is 9.59 Å². The number of hydrogen-bond acceptors (Lipinski definition) is 5. The molecule has 0 unspecified atom stereocenters. The lowest BCUT2D eigenvalue weighted by molar-refractivity contribution is -0.133. The van der Waals surface area contributed by atoms with Gasteiger partial charge >= 0.3 is 5.63 Å². The van der Waals surface area contributed by atoms with E-state index in [-0.39, 0.29) is 31.2 Å². The minimum atomic E-state index is -0.466. The van der Waals surface area contributed by atoms with E-state index in [2.05, 4.69) is 5.32 Å². The van der Waals surface area contributed by atoms with Crippen molar-refractivity contribution in [2.75, 3.05) is 26.0 Å². The summed E-state index contributed by atoms with van der Waals surface area (Å²) in [6, 6.07) is 11.0. The minimum Gasteiger partial charge on any atom is -0.497 e. The van der Waals surface area contributed by atoms with Crippen LogP contribution < -0.4 is 15.7 Å². The molecule has 0 aliphatic carbocycles. The van der Waals surface area contributed by atoms with E-state index < -0.39 is 5.63 Å². The Balaban J connectivity index is 1.64. The van der Waals surface area contributed by atoms with Crippen LogP contribution in [0.4, 0.5) is 5.69 Å². The normalized spacial score (nSPS) is 10.8. The lowest BCUT2D eigenvalue weighted by atomic mass is 10.0. The summed E-state index contributed by atoms with van der Waals surface area (Å²) >= 11 is 0. The Morgan fingerprint density at radius 1 is 1.09 bits per heavy atom. The molecule has 7 nitrogen and oxygen atoms in total. The summed E-state index contributed by atoms with van der Waals surface area (Å²) in [5, 5.41) is 3.65. The number of benzene rings is 2. The van der Waals surface area contributed by atoms with Gasteiger partial charge < -0.3 is 19.4 Å². The molecule has 3 rings (SSSR count). The predicted molar refractivity (Wildman–Crippen MR) is 124 cm³/mol. The summed E-state index contributed by atoms with van der Waals surface area (Å²) in [6.45, 7) is 5.68. The number of hydrogen-bond donors (Lipinski definition) is 1. The fourth-order valence-corrected chi connectivity index (χ4v) is 3.59. The maximum Gasteiger partial charge on any atom is 0.339 e. The molecule has 1 aromatic heterocycles. The topological polar surface area (TPSA) is 88.9 Å². The number of carbonyl (C=O) groups is 2. The van der Waals surface area contributed by atoms with Crippen LogP contribution in [0.2, 0.25) is 0 Å². The van der Waals surface area contributed by atoms with E-state index in [1.165, 1.54) is 4.90 Å². The SMILES string of the molecule is COc1ccc2c(C)c(CCC(=O)N(C)CC(=O)Nc3cccc(C)c3C)c(=O)oc2c1. The zero-order chi connectivity index (χ0) is 23.4. The predicted octanol–water partition coefficient (Wildman–Crippen LogP) is 3.76. The van der Waals surface area contributed by atoms with E-state index in [0.717, 1.165) is 27.8 Å². The third-order valence-corrected chi connectivity index (χ3v) is 5.77. The highest BCUT2D eigenvalue weighted by Gasteiger charge is 2.17. The Morgan fingerprint density at radius 3 is 2.56 bits per heavy atom. The van der Waals surface area contributed by atoms with Gasteiger partial charge in [0.25, 0.3) is 0 Å². The van der Waals surface area contributed by atoms with Crippen LogP contribution in [0.25, 0.3) is 11.0 Å². The van der Waals surface area contributed by atoms with Gasteiger partial charge in [0.05, 0.1) is 13.7 Å². The molecular weight excluding hydrogens is 408 g/mol. The number of rotatable bonds is 7. The zero-order valence-corrected chi connectivity index (χ0v) is 19.1. The molecule has 168 valence electrons. The largest absolute Gasteiger partial charge is 0.497 e. The lowest BCUT2D eigenvalue weighted by Gasteiger charge is -2.18. The number of anilines is 1. The maximum atomic E-state index is 12.6. The highest BCUT2D eigenvalue weighted by molar-refractivity contribution is 5.95. The van der Waals surface area contributed by atoms with Crippen LogP contribution in [0.1, 0.15) is 28.7 Å². The molecule has 0 atom stereocenters. The van der Waals surface area contributed by atoms with Gasteiger partial charge in [0, 0.05) is 36.2 Å². The van der Waals surface area contributed by atoms with E-state index in [4.69, 9.17) is 9.15 Å². The number of amides is 2. The van der Waals surface area contributed by atoms with Crippen LogP contribution in [0.3, 0.4) is 0 Å². The van der Waals surface area contributed by atoms with Crippen molar-refractivity contribution in [3.05, 3.63) is 69.1 Å². The summed E-state index contributed by atoms with van der Waals surface area (Å²) in [4.78, 5) is 38.8. The first kappa shape index (κ1) is 23.1. The van der Waals surface area contributed by atoms with Crippen LogP contribution in [0, 0.1) is 20.8 Å². The van der Waals surface area contributed by atoms with Gasteiger partial charge in [0.1, 0.15) is 11.3 Å². The summed E-state index contributed by atoms with van der Waals surface area (Å²) in [7, 11) is 3.12. The van der Waals surface area contributed by atoms with Crippen molar-refractivity contribution in [2.24, 2.45) is 0 Å². The Bertz CT molecular complexity index is 1230. The fraction of sp³-hybridized carbons (Fsp3) is 0.320. The summed E-state index contributed by atoms with van der Waals surface area (Å²) in [5.41, 5.74) is 4.03. The Kier molecular flexibility index (Phi) is 6.98. The van der Waals surface area contributed by atoms with Crippen molar-refractivity contribution < 1.29 is 18.7 Å². The molecule has 0 saturated heterocycles. The highest BCUT2D eigenvalue weighted by Crippen LogP contribution is 2.24. The molecule has 1 heterocycles. The standard InChI is InChI=1S/C25H28N2O5/c1-15-7-6-8-21(16(15)2)26-23(28)14-27(4)24(29)12-11-20-17(3)19-10-9-18(31-5)13-22(19)32-25(20)30/h6-10,13H,11-12,14H2,1-5H3,(H,26,28).